The average Bonchev–Trinajstić information content (AvgIpc) is 3.04. The van der Waals surface area contributed by atoms with Crippen LogP contribution in [0.1, 0.15) is 19.4 Å². The van der Waals surface area contributed by atoms with Gasteiger partial charge in [0.25, 0.3) is 0 Å². The van der Waals surface area contributed by atoms with E-state index in [4.69, 9.17) is 9.47 Å². The number of rotatable bonds is 13. The van der Waals surface area contributed by atoms with Crippen molar-refractivity contribution in [2.75, 3.05) is 24.8 Å². The van der Waals surface area contributed by atoms with E-state index in [2.05, 4.69) is 68.1 Å². The third-order valence-electron chi connectivity index (χ3n) is 6.27. The minimum atomic E-state index is -0.547. The van der Waals surface area contributed by atoms with Crippen molar-refractivity contribution in [3.8, 4) is 5.75 Å². The van der Waals surface area contributed by atoms with E-state index in [0.717, 1.165) is 41.8 Å². The Morgan fingerprint density at radius 1 is 0.698 bits per heavy atom. The van der Waals surface area contributed by atoms with Gasteiger partial charge in [0.1, 0.15) is 5.75 Å². The number of hydrogen-bond donors (Lipinski definition) is 0. The number of hydrogen-bond acceptors (Lipinski definition) is 10. The van der Waals surface area contributed by atoms with Crippen LogP contribution in [0.2, 0.25) is 0 Å². The van der Waals surface area contributed by atoms with Gasteiger partial charge in [-0.1, -0.05) is 6.58 Å². The number of aryl methyl sites for hydroxylation is 1. The van der Waals surface area contributed by atoms with Gasteiger partial charge in [-0.25, -0.2) is 4.79 Å². The largest absolute Gasteiger partial charge is 0.457 e. The Morgan fingerprint density at radius 2 is 1.16 bits per heavy atom. The molecular weight excluding hydrogens is 542 g/mol. The van der Waals surface area contributed by atoms with Gasteiger partial charge in [-0.2, -0.15) is 30.7 Å². The number of azo groups is 3. The van der Waals surface area contributed by atoms with E-state index >= 15 is 0 Å². The molecule has 0 atom stereocenters. The van der Waals surface area contributed by atoms with E-state index in [1.165, 1.54) is 5.69 Å². The second kappa shape index (κ2) is 15.5. The lowest BCUT2D eigenvalue weighted by atomic mass is 10.2. The van der Waals surface area contributed by atoms with Crippen LogP contribution in [0.3, 0.4) is 0 Å². The summed E-state index contributed by atoms with van der Waals surface area (Å²) in [6.07, 6.45) is 1.07. The van der Waals surface area contributed by atoms with Gasteiger partial charge in [0.2, 0.25) is 6.79 Å². The molecule has 0 radical (unpaired) electrons. The van der Waals surface area contributed by atoms with Gasteiger partial charge in [-0.05, 0) is 117 Å². The van der Waals surface area contributed by atoms with Crippen LogP contribution in [0.25, 0.3) is 0 Å². The molecule has 4 rings (SSSR count). The topological polar surface area (TPSA) is 113 Å². The summed E-state index contributed by atoms with van der Waals surface area (Å²) in [4.78, 5) is 13.3. The molecule has 10 nitrogen and oxygen atoms in total. The molecule has 0 aliphatic carbocycles. The van der Waals surface area contributed by atoms with Crippen LogP contribution in [-0.4, -0.2) is 25.9 Å². The molecule has 0 bridgehead atoms. The fourth-order valence-corrected chi connectivity index (χ4v) is 3.88. The number of carbonyl (C=O) groups is 1. The number of esters is 1. The number of ether oxygens (including phenoxy) is 2. The van der Waals surface area contributed by atoms with Gasteiger partial charge in [-0.3, -0.25) is 0 Å². The molecule has 4 aromatic carbocycles. The summed E-state index contributed by atoms with van der Waals surface area (Å²) in [7, 11) is 0. The highest BCUT2D eigenvalue weighted by molar-refractivity contribution is 5.81. The monoisotopic (exact) mass is 575 g/mol. The third kappa shape index (κ3) is 9.25. The van der Waals surface area contributed by atoms with E-state index in [-0.39, 0.29) is 6.79 Å². The number of nitrogens with zero attached hydrogens (tertiary/aromatic N) is 7. The lowest BCUT2D eigenvalue weighted by Crippen LogP contribution is -2.21. The van der Waals surface area contributed by atoms with Crippen molar-refractivity contribution in [1.82, 2.24) is 0 Å². The zero-order valence-electron chi connectivity index (χ0n) is 24.4. The molecule has 10 heteroatoms. The Kier molecular flexibility index (Phi) is 11.0. The Balaban J connectivity index is 1.30. The van der Waals surface area contributed by atoms with Gasteiger partial charge in [0, 0.05) is 24.9 Å². The van der Waals surface area contributed by atoms with Crippen molar-refractivity contribution in [3.63, 3.8) is 0 Å². The second-order valence-corrected chi connectivity index (χ2v) is 9.20. The van der Waals surface area contributed by atoms with Gasteiger partial charge in [0.15, 0.2) is 0 Å². The zero-order valence-corrected chi connectivity index (χ0v) is 24.4. The molecule has 0 unspecified atom stereocenters. The standard InChI is InChI=1S/C33H33N7O3/c1-5-33(41)43-23-42-31-19-14-28(15-20-31)35-34-25-8-10-26(11-9-25)37-39-32-21-16-29(22-24(32)4)38-36-27-12-17-30(18-13-27)40(6-2)7-3/h5,8-22H,1,6-7,23H2,2-4H3. The molecule has 0 aliphatic heterocycles. The Bertz CT molecular complexity index is 1590. The van der Waals surface area contributed by atoms with Crippen LogP contribution in [0, 0.1) is 6.92 Å². The Labute approximate surface area is 251 Å². The normalized spacial score (nSPS) is 11.3. The van der Waals surface area contributed by atoms with Crippen LogP contribution < -0.4 is 9.64 Å². The van der Waals surface area contributed by atoms with Crippen molar-refractivity contribution in [2.24, 2.45) is 30.7 Å². The molecule has 0 N–H and O–H groups in total. The number of carbonyl (C=O) groups excluding carboxylic acids is 1. The highest BCUT2D eigenvalue weighted by atomic mass is 16.7. The number of benzene rings is 4. The molecule has 0 saturated heterocycles. The smallest absolute Gasteiger partial charge is 0.333 e. The van der Waals surface area contributed by atoms with E-state index in [9.17, 15) is 4.79 Å². The van der Waals surface area contributed by atoms with Crippen molar-refractivity contribution < 1.29 is 14.3 Å². The molecule has 0 aromatic heterocycles. The fourth-order valence-electron chi connectivity index (χ4n) is 3.88. The highest BCUT2D eigenvalue weighted by Gasteiger charge is 2.03. The molecule has 4 aromatic rings. The molecular formula is C33H33N7O3. The summed E-state index contributed by atoms with van der Waals surface area (Å²) in [5.74, 6) is -0.00836. The molecule has 218 valence electrons. The van der Waals surface area contributed by atoms with E-state index in [0.29, 0.717) is 22.8 Å². The first-order valence-electron chi connectivity index (χ1n) is 13.8. The first kappa shape index (κ1) is 30.4. The van der Waals surface area contributed by atoms with Crippen LogP contribution in [0.5, 0.6) is 5.75 Å². The van der Waals surface area contributed by atoms with E-state index < -0.39 is 5.97 Å². The lowest BCUT2D eigenvalue weighted by molar-refractivity contribution is -0.144. The summed E-state index contributed by atoms with van der Waals surface area (Å²) in [6.45, 7) is 11.3. The number of anilines is 1. The quantitative estimate of drug-likeness (QED) is 0.0683. The van der Waals surface area contributed by atoms with Gasteiger partial charge >= 0.3 is 5.97 Å². The summed E-state index contributed by atoms with van der Waals surface area (Å²) < 4.78 is 10.1. The Hall–Kier alpha value is -5.51. The van der Waals surface area contributed by atoms with Gasteiger partial charge in [0.05, 0.1) is 34.1 Å². The van der Waals surface area contributed by atoms with Gasteiger partial charge < -0.3 is 14.4 Å². The molecule has 0 fully saturated rings. The summed E-state index contributed by atoms with van der Waals surface area (Å²) in [6, 6.07) is 27.9. The predicted molar refractivity (Wildman–Crippen MR) is 168 cm³/mol. The minimum absolute atomic E-state index is 0.195. The van der Waals surface area contributed by atoms with Crippen molar-refractivity contribution >= 4 is 45.8 Å². The van der Waals surface area contributed by atoms with Crippen LogP contribution in [0.15, 0.2) is 134 Å². The van der Waals surface area contributed by atoms with E-state index in [1.54, 1.807) is 24.3 Å². The van der Waals surface area contributed by atoms with Crippen molar-refractivity contribution in [3.05, 3.63) is 109 Å². The molecule has 0 saturated carbocycles. The van der Waals surface area contributed by atoms with Crippen LogP contribution in [0.4, 0.5) is 39.8 Å². The van der Waals surface area contributed by atoms with Crippen molar-refractivity contribution in [1.29, 1.82) is 0 Å². The molecule has 0 heterocycles. The molecule has 0 aliphatic rings. The third-order valence-corrected chi connectivity index (χ3v) is 6.27. The van der Waals surface area contributed by atoms with E-state index in [1.807, 2.05) is 61.5 Å². The minimum Gasteiger partial charge on any atom is -0.457 e. The average molecular weight is 576 g/mol. The molecule has 0 amide bonds. The second-order valence-electron chi connectivity index (χ2n) is 9.20. The van der Waals surface area contributed by atoms with Gasteiger partial charge in [-0.15, -0.1) is 0 Å². The SMILES string of the molecule is C=CC(=O)OCOc1ccc(N=Nc2ccc(N=Nc3ccc(N=Nc4ccc(N(CC)CC)cc4)cc3C)cc2)cc1. The van der Waals surface area contributed by atoms with Crippen molar-refractivity contribution in [2.45, 2.75) is 20.8 Å². The maximum absolute atomic E-state index is 11.0. The van der Waals surface area contributed by atoms with Crippen LogP contribution in [-0.2, 0) is 9.53 Å². The predicted octanol–water partition coefficient (Wildman–Crippen LogP) is 10.2. The molecule has 0 spiro atoms. The lowest BCUT2D eigenvalue weighted by Gasteiger charge is -2.20. The highest BCUT2D eigenvalue weighted by Crippen LogP contribution is 2.29. The van der Waals surface area contributed by atoms with Crippen LogP contribution >= 0.6 is 0 Å². The summed E-state index contributed by atoms with van der Waals surface area (Å²) >= 11 is 0. The summed E-state index contributed by atoms with van der Waals surface area (Å²) in [5, 5.41) is 26.0. The maximum atomic E-state index is 11.0. The maximum Gasteiger partial charge on any atom is 0.333 e. The fraction of sp³-hybridized carbons (Fsp3) is 0.182. The first-order chi connectivity index (χ1) is 21.0. The summed E-state index contributed by atoms with van der Waals surface area (Å²) in [5.41, 5.74) is 6.41. The zero-order chi connectivity index (χ0) is 30.4. The Morgan fingerprint density at radius 3 is 1.67 bits per heavy atom. The first-order valence-corrected chi connectivity index (χ1v) is 13.8. The molecule has 43 heavy (non-hydrogen) atoms.